The Morgan fingerprint density at radius 2 is 2.12 bits per heavy atom. The average Bonchev–Trinajstić information content (AvgIpc) is 2.92. The second-order valence-electron chi connectivity index (χ2n) is 3.38. The highest BCUT2D eigenvalue weighted by molar-refractivity contribution is 5.76. The molecular weight excluding hydrogens is 220 g/mol. The molecule has 0 aliphatic rings. The van der Waals surface area contributed by atoms with Crippen LogP contribution in [0.1, 0.15) is 0 Å². The maximum Gasteiger partial charge on any atom is 0.289 e. The number of nitrogens with one attached hydrogen (secondary N) is 2. The van der Waals surface area contributed by atoms with E-state index >= 15 is 0 Å². The van der Waals surface area contributed by atoms with Crippen LogP contribution >= 0.6 is 0 Å². The lowest BCUT2D eigenvalue weighted by atomic mass is 10.3. The predicted molar refractivity (Wildman–Crippen MR) is 61.1 cm³/mol. The lowest BCUT2D eigenvalue weighted by molar-refractivity contribution is 0.666. The minimum Gasteiger partial charge on any atom is -0.321 e. The van der Waals surface area contributed by atoms with Crippen LogP contribution in [0.3, 0.4) is 0 Å². The first-order chi connectivity index (χ1) is 8.33. The van der Waals surface area contributed by atoms with Crippen molar-refractivity contribution in [1.29, 1.82) is 0 Å². The maximum atomic E-state index is 11.2. The summed E-state index contributed by atoms with van der Waals surface area (Å²) in [5.41, 5.74) is 1.41. The van der Waals surface area contributed by atoms with Crippen LogP contribution < -0.4 is 5.56 Å². The van der Waals surface area contributed by atoms with Crippen LogP contribution in [-0.4, -0.2) is 19.9 Å². The van der Waals surface area contributed by atoms with Gasteiger partial charge in [0.15, 0.2) is 0 Å². The van der Waals surface area contributed by atoms with Crippen molar-refractivity contribution >= 4 is 17.0 Å². The molecule has 1 aromatic carbocycles. The molecule has 0 radical (unpaired) electrons. The lowest BCUT2D eigenvalue weighted by Crippen LogP contribution is -2.09. The van der Waals surface area contributed by atoms with Crippen molar-refractivity contribution in [3.63, 3.8) is 0 Å². The first kappa shape index (κ1) is 9.52. The van der Waals surface area contributed by atoms with E-state index in [4.69, 9.17) is 0 Å². The summed E-state index contributed by atoms with van der Waals surface area (Å²) in [5.74, 6) is 0.354. The molecule has 0 aliphatic carbocycles. The van der Waals surface area contributed by atoms with Crippen molar-refractivity contribution in [2.75, 3.05) is 0 Å². The molecule has 0 amide bonds. The topological polar surface area (TPSA) is 91.2 Å². The van der Waals surface area contributed by atoms with Gasteiger partial charge < -0.3 is 4.98 Å². The minimum absolute atomic E-state index is 0.273. The number of nitrogens with zero attached hydrogens (tertiary/aromatic N) is 4. The van der Waals surface area contributed by atoms with E-state index in [2.05, 4.69) is 25.4 Å². The molecule has 3 aromatic rings. The van der Waals surface area contributed by atoms with Crippen molar-refractivity contribution in [2.24, 2.45) is 10.3 Å². The molecule has 0 saturated carbocycles. The molecule has 0 spiro atoms. The second-order valence-corrected chi connectivity index (χ2v) is 3.38. The average molecular weight is 228 g/mol. The van der Waals surface area contributed by atoms with Gasteiger partial charge in [0.05, 0.1) is 11.0 Å². The van der Waals surface area contributed by atoms with Gasteiger partial charge in [-0.3, -0.25) is 9.89 Å². The molecular formula is C10H8N6O. The highest BCUT2D eigenvalue weighted by atomic mass is 16.1. The summed E-state index contributed by atoms with van der Waals surface area (Å²) in [6.07, 6.45) is 1.49. The Kier molecular flexibility index (Phi) is 2.08. The van der Waals surface area contributed by atoms with Gasteiger partial charge in [-0.25, -0.2) is 4.98 Å². The van der Waals surface area contributed by atoms with Gasteiger partial charge >= 0.3 is 0 Å². The van der Waals surface area contributed by atoms with Crippen LogP contribution in [0.2, 0.25) is 0 Å². The Hall–Kier alpha value is -2.70. The third kappa shape index (κ3) is 1.73. The number of benzene rings is 1. The quantitative estimate of drug-likeness (QED) is 0.652. The van der Waals surface area contributed by atoms with Crippen LogP contribution in [0, 0.1) is 0 Å². The number of imidazole rings is 1. The van der Waals surface area contributed by atoms with Gasteiger partial charge in [-0.2, -0.15) is 0 Å². The van der Waals surface area contributed by atoms with Crippen molar-refractivity contribution < 1.29 is 0 Å². The zero-order valence-corrected chi connectivity index (χ0v) is 8.66. The van der Waals surface area contributed by atoms with Gasteiger partial charge in [0.2, 0.25) is 5.95 Å². The van der Waals surface area contributed by atoms with E-state index in [1.807, 2.05) is 24.3 Å². The molecule has 84 valence electrons. The van der Waals surface area contributed by atoms with Crippen molar-refractivity contribution in [1.82, 2.24) is 19.9 Å². The fourth-order valence-electron chi connectivity index (χ4n) is 1.46. The predicted octanol–water partition coefficient (Wildman–Crippen LogP) is 1.60. The van der Waals surface area contributed by atoms with Crippen molar-refractivity contribution in [3.8, 4) is 0 Å². The zero-order valence-electron chi connectivity index (χ0n) is 8.66. The van der Waals surface area contributed by atoms with Crippen molar-refractivity contribution in [2.45, 2.75) is 0 Å². The van der Waals surface area contributed by atoms with Crippen LogP contribution in [-0.2, 0) is 0 Å². The number of hydrogen-bond donors (Lipinski definition) is 2. The first-order valence-electron chi connectivity index (χ1n) is 4.96. The molecule has 0 fully saturated rings. The number of rotatable bonds is 2. The number of aromatic nitrogens is 4. The molecule has 7 heteroatoms. The van der Waals surface area contributed by atoms with Crippen LogP contribution in [0.4, 0.5) is 5.95 Å². The maximum absolute atomic E-state index is 11.2. The Labute approximate surface area is 94.8 Å². The monoisotopic (exact) mass is 228 g/mol. The molecule has 0 unspecified atom stereocenters. The largest absolute Gasteiger partial charge is 0.321 e. The molecule has 2 N–H and O–H groups in total. The summed E-state index contributed by atoms with van der Waals surface area (Å²) in [6, 6.07) is 8.90. The van der Waals surface area contributed by atoms with E-state index < -0.39 is 0 Å². The minimum atomic E-state index is -0.273. The summed E-state index contributed by atoms with van der Waals surface area (Å²) in [4.78, 5) is 19.4. The molecule has 2 heterocycles. The highest BCUT2D eigenvalue weighted by Gasteiger charge is 2.00. The first-order valence-corrected chi connectivity index (χ1v) is 4.96. The highest BCUT2D eigenvalue weighted by Crippen LogP contribution is 2.15. The fourth-order valence-corrected chi connectivity index (χ4v) is 1.46. The summed E-state index contributed by atoms with van der Waals surface area (Å²) in [7, 11) is 0. The molecule has 0 bridgehead atoms. The molecule has 17 heavy (non-hydrogen) atoms. The normalized spacial score (nSPS) is 11.5. The third-order valence-corrected chi connectivity index (χ3v) is 2.24. The third-order valence-electron chi connectivity index (χ3n) is 2.24. The van der Waals surface area contributed by atoms with E-state index in [1.54, 1.807) is 0 Å². The van der Waals surface area contributed by atoms with Crippen LogP contribution in [0.25, 0.3) is 11.0 Å². The van der Waals surface area contributed by atoms with E-state index in [0.29, 0.717) is 5.95 Å². The molecule has 7 nitrogen and oxygen atoms in total. The standard InChI is InChI=1S/C10H8N6O/c17-9-5-6-11-16(9)15-14-10-12-7-3-1-2-4-8(7)13-10/h1-6,11H,(H,12,13). The lowest BCUT2D eigenvalue weighted by Gasteiger charge is -1.86. The Morgan fingerprint density at radius 3 is 2.88 bits per heavy atom. The molecule has 0 atom stereocenters. The summed E-state index contributed by atoms with van der Waals surface area (Å²) < 4.78 is 0. The second kappa shape index (κ2) is 3.71. The number of fused-ring (bicyclic) bond motifs is 1. The molecule has 2 aromatic heterocycles. The fraction of sp³-hybridized carbons (Fsp3) is 0. The summed E-state index contributed by atoms with van der Waals surface area (Å²) in [6.45, 7) is 0. The van der Waals surface area contributed by atoms with Gasteiger partial charge in [0.25, 0.3) is 5.56 Å². The van der Waals surface area contributed by atoms with Crippen LogP contribution in [0.15, 0.2) is 51.7 Å². The number of para-hydroxylation sites is 2. The number of aromatic amines is 2. The Bertz CT molecular complexity index is 701. The van der Waals surface area contributed by atoms with Gasteiger partial charge in [0, 0.05) is 12.3 Å². The Morgan fingerprint density at radius 1 is 1.24 bits per heavy atom. The van der Waals surface area contributed by atoms with Crippen molar-refractivity contribution in [3.05, 3.63) is 46.9 Å². The van der Waals surface area contributed by atoms with Gasteiger partial charge in [-0.15, -0.1) is 4.79 Å². The number of hydrogen-bond acceptors (Lipinski definition) is 4. The van der Waals surface area contributed by atoms with E-state index in [9.17, 15) is 4.79 Å². The number of H-pyrrole nitrogens is 2. The molecule has 0 saturated heterocycles. The van der Waals surface area contributed by atoms with Crippen LogP contribution in [0.5, 0.6) is 0 Å². The molecule has 3 rings (SSSR count). The van der Waals surface area contributed by atoms with E-state index in [0.717, 1.165) is 15.8 Å². The SMILES string of the molecule is O=c1cc[nH]n1N=Nc1nc2ccccc2[nH]1. The Balaban J connectivity index is 1.98. The van der Waals surface area contributed by atoms with E-state index in [-0.39, 0.29) is 5.56 Å². The van der Waals surface area contributed by atoms with E-state index in [1.165, 1.54) is 12.3 Å². The zero-order chi connectivity index (χ0) is 11.7. The smallest absolute Gasteiger partial charge is 0.289 e. The molecule has 0 aliphatic heterocycles. The van der Waals surface area contributed by atoms with Gasteiger partial charge in [0.1, 0.15) is 0 Å². The summed E-state index contributed by atoms with van der Waals surface area (Å²) >= 11 is 0. The van der Waals surface area contributed by atoms with Gasteiger partial charge in [-0.1, -0.05) is 17.2 Å². The van der Waals surface area contributed by atoms with Gasteiger partial charge in [-0.05, 0) is 17.4 Å². The summed E-state index contributed by atoms with van der Waals surface area (Å²) in [5, 5.41) is 10.2.